The number of carbonyl (C=O) groups is 3. The van der Waals surface area contributed by atoms with Crippen molar-refractivity contribution in [3.63, 3.8) is 0 Å². The highest BCUT2D eigenvalue weighted by Crippen LogP contribution is 2.11. The summed E-state index contributed by atoms with van der Waals surface area (Å²) in [7, 11) is 0. The van der Waals surface area contributed by atoms with Gasteiger partial charge in [-0.15, -0.1) is 0 Å². The molecule has 0 fully saturated rings. The SMILES string of the molecule is CC\C=C/C=C\C=C/C=C\C=C/CCCC(=O)OCC(COC(=O)CCCCC\C=C/C=C\C=C\C=C/C=C\C=C/C=C\CC)OC(=O)CCCCC/C=C\C=C/CCCCCCCCC. The second-order valence-corrected chi connectivity index (χ2v) is 15.9. The first-order chi connectivity index (χ1) is 32.5. The van der Waals surface area contributed by atoms with E-state index in [9.17, 15) is 14.4 Å². The monoisotopic (exact) mass is 905 g/mol. The zero-order valence-corrected chi connectivity index (χ0v) is 41.4. The van der Waals surface area contributed by atoms with Crippen LogP contribution in [0.1, 0.15) is 168 Å². The molecule has 66 heavy (non-hydrogen) atoms. The minimum Gasteiger partial charge on any atom is -0.462 e. The van der Waals surface area contributed by atoms with E-state index in [1.807, 2.05) is 128 Å². The first-order valence-corrected chi connectivity index (χ1v) is 25.3. The molecule has 0 amide bonds. The highest BCUT2D eigenvalue weighted by atomic mass is 16.6. The molecule has 1 atom stereocenters. The van der Waals surface area contributed by atoms with Gasteiger partial charge in [-0.3, -0.25) is 14.4 Å². The minimum absolute atomic E-state index is 0.145. The highest BCUT2D eigenvalue weighted by molar-refractivity contribution is 5.71. The molecule has 0 aromatic carbocycles. The van der Waals surface area contributed by atoms with E-state index in [0.717, 1.165) is 64.2 Å². The summed E-state index contributed by atoms with van der Waals surface area (Å²) in [6.07, 6.45) is 77.7. The maximum atomic E-state index is 12.8. The molecule has 0 aliphatic carbocycles. The maximum Gasteiger partial charge on any atom is 0.306 e. The molecule has 0 rings (SSSR count). The van der Waals surface area contributed by atoms with Crippen molar-refractivity contribution in [3.8, 4) is 0 Å². The van der Waals surface area contributed by atoms with Crippen LogP contribution < -0.4 is 0 Å². The van der Waals surface area contributed by atoms with Crippen LogP contribution in [-0.2, 0) is 28.6 Å². The zero-order valence-electron chi connectivity index (χ0n) is 41.4. The second-order valence-electron chi connectivity index (χ2n) is 15.9. The Morgan fingerprint density at radius 2 is 0.606 bits per heavy atom. The van der Waals surface area contributed by atoms with Crippen LogP contribution in [0.2, 0.25) is 0 Å². The van der Waals surface area contributed by atoms with Gasteiger partial charge in [0.2, 0.25) is 0 Å². The van der Waals surface area contributed by atoms with Gasteiger partial charge in [0.1, 0.15) is 13.2 Å². The number of carbonyl (C=O) groups excluding carboxylic acids is 3. The van der Waals surface area contributed by atoms with Crippen molar-refractivity contribution in [2.24, 2.45) is 0 Å². The smallest absolute Gasteiger partial charge is 0.306 e. The number of rotatable bonds is 42. The van der Waals surface area contributed by atoms with Crippen LogP contribution in [0, 0.1) is 0 Å². The number of esters is 3. The van der Waals surface area contributed by atoms with Crippen LogP contribution in [0.15, 0.2) is 170 Å². The molecule has 0 saturated heterocycles. The summed E-state index contributed by atoms with van der Waals surface area (Å²) in [5.41, 5.74) is 0. The van der Waals surface area contributed by atoms with E-state index in [4.69, 9.17) is 14.2 Å². The van der Waals surface area contributed by atoms with Gasteiger partial charge in [0, 0.05) is 19.3 Å². The lowest BCUT2D eigenvalue weighted by Gasteiger charge is -2.18. The van der Waals surface area contributed by atoms with E-state index in [-0.39, 0.29) is 50.4 Å². The molecule has 0 spiro atoms. The Balaban J connectivity index is 4.67. The minimum atomic E-state index is -0.849. The van der Waals surface area contributed by atoms with Gasteiger partial charge in [0.15, 0.2) is 6.10 Å². The third-order valence-corrected chi connectivity index (χ3v) is 9.79. The molecule has 0 aromatic rings. The fourth-order valence-corrected chi connectivity index (χ4v) is 6.03. The Kier molecular flexibility index (Phi) is 48.2. The number of ether oxygens (including phenoxy) is 3. The number of hydrogen-bond donors (Lipinski definition) is 0. The molecule has 0 saturated carbocycles. The van der Waals surface area contributed by atoms with Gasteiger partial charge >= 0.3 is 17.9 Å². The quantitative estimate of drug-likeness (QED) is 0.0263. The second kappa shape index (κ2) is 52.4. The van der Waals surface area contributed by atoms with Crippen molar-refractivity contribution in [1.29, 1.82) is 0 Å². The Hall–Kier alpha value is -5.23. The Morgan fingerprint density at radius 1 is 0.318 bits per heavy atom. The van der Waals surface area contributed by atoms with Crippen molar-refractivity contribution >= 4 is 17.9 Å². The topological polar surface area (TPSA) is 78.9 Å². The van der Waals surface area contributed by atoms with Crippen LogP contribution in [-0.4, -0.2) is 37.2 Å². The molecular weight excluding hydrogens is 817 g/mol. The summed E-state index contributed by atoms with van der Waals surface area (Å²) < 4.78 is 16.6. The van der Waals surface area contributed by atoms with Gasteiger partial charge in [0.05, 0.1) is 0 Å². The van der Waals surface area contributed by atoms with Crippen molar-refractivity contribution in [2.45, 2.75) is 175 Å². The first kappa shape index (κ1) is 60.8. The largest absolute Gasteiger partial charge is 0.462 e. The maximum absolute atomic E-state index is 12.8. The molecular formula is C60H88O6. The van der Waals surface area contributed by atoms with Gasteiger partial charge in [-0.05, 0) is 77.0 Å². The van der Waals surface area contributed by atoms with E-state index in [1.165, 1.54) is 44.9 Å². The molecule has 0 aliphatic heterocycles. The van der Waals surface area contributed by atoms with Crippen LogP contribution in [0.4, 0.5) is 0 Å². The summed E-state index contributed by atoms with van der Waals surface area (Å²) in [6.45, 7) is 6.18. The molecule has 1 unspecified atom stereocenters. The number of unbranched alkanes of at least 4 members (excludes halogenated alkanes) is 14. The summed E-state index contributed by atoms with van der Waals surface area (Å²) in [5, 5.41) is 0. The normalized spacial score (nSPS) is 13.6. The van der Waals surface area contributed by atoms with Gasteiger partial charge < -0.3 is 14.2 Å². The highest BCUT2D eigenvalue weighted by Gasteiger charge is 2.19. The molecule has 0 N–H and O–H groups in total. The fourth-order valence-electron chi connectivity index (χ4n) is 6.03. The molecule has 0 aromatic heterocycles. The van der Waals surface area contributed by atoms with Crippen molar-refractivity contribution in [2.75, 3.05) is 13.2 Å². The molecule has 0 heterocycles. The molecule has 6 heteroatoms. The average Bonchev–Trinajstić information content (AvgIpc) is 3.31. The van der Waals surface area contributed by atoms with E-state index < -0.39 is 6.10 Å². The lowest BCUT2D eigenvalue weighted by molar-refractivity contribution is -0.167. The lowest BCUT2D eigenvalue weighted by Crippen LogP contribution is -2.30. The third kappa shape index (κ3) is 49.8. The molecule has 0 aliphatic rings. The van der Waals surface area contributed by atoms with Crippen LogP contribution in [0.3, 0.4) is 0 Å². The summed E-state index contributed by atoms with van der Waals surface area (Å²) in [6, 6.07) is 0. The van der Waals surface area contributed by atoms with Gasteiger partial charge in [-0.1, -0.05) is 242 Å². The Bertz CT molecular complexity index is 1600. The average molecular weight is 905 g/mol. The molecule has 6 nitrogen and oxygen atoms in total. The molecule has 364 valence electrons. The van der Waals surface area contributed by atoms with E-state index in [2.05, 4.69) is 63.3 Å². The number of hydrogen-bond acceptors (Lipinski definition) is 6. The standard InChI is InChI=1S/C60H88O6/c1-4-7-10-13-16-19-22-25-27-29-30-31-33-35-38-41-44-47-50-53-59(62)65-56-57(55-64-58(61)52-49-46-43-40-37-34-24-21-18-15-12-9-6-3)66-60(63)54-51-48-45-42-39-36-32-28-26-23-20-17-14-11-8-5-2/h7,9-10,12-13,15-16,18-19,21-22,24-25,27-40,43,57H,4-6,8,11,14,17,20,23,26,41-42,44-56H2,1-3H3/b10-7-,12-9-,16-13-,18-15-,22-19-,24-21-,27-25-,30-29+,32-28-,33-31-,37-34-,38-35-,39-36-,43-40-. The third-order valence-electron chi connectivity index (χ3n) is 9.79. The number of allylic oxidation sites excluding steroid dienone is 28. The van der Waals surface area contributed by atoms with E-state index in [0.29, 0.717) is 19.3 Å². The van der Waals surface area contributed by atoms with E-state index >= 15 is 0 Å². The molecule has 0 radical (unpaired) electrons. The van der Waals surface area contributed by atoms with E-state index in [1.54, 1.807) is 0 Å². The Labute approximate surface area is 402 Å². The van der Waals surface area contributed by atoms with Crippen molar-refractivity contribution in [3.05, 3.63) is 170 Å². The van der Waals surface area contributed by atoms with Gasteiger partial charge in [0.25, 0.3) is 0 Å². The lowest BCUT2D eigenvalue weighted by atomic mass is 10.1. The summed E-state index contributed by atoms with van der Waals surface area (Å²) in [4.78, 5) is 37.9. The van der Waals surface area contributed by atoms with Crippen molar-refractivity contribution < 1.29 is 28.6 Å². The first-order valence-electron chi connectivity index (χ1n) is 25.3. The predicted molar refractivity (Wildman–Crippen MR) is 283 cm³/mol. The zero-order chi connectivity index (χ0) is 47.9. The fraction of sp³-hybridized carbons (Fsp3) is 0.483. The van der Waals surface area contributed by atoms with Crippen LogP contribution in [0.5, 0.6) is 0 Å². The summed E-state index contributed by atoms with van der Waals surface area (Å²) in [5.74, 6) is -1.10. The van der Waals surface area contributed by atoms with Crippen molar-refractivity contribution in [1.82, 2.24) is 0 Å². The molecule has 0 bridgehead atoms. The van der Waals surface area contributed by atoms with Crippen LogP contribution >= 0.6 is 0 Å². The van der Waals surface area contributed by atoms with Crippen LogP contribution in [0.25, 0.3) is 0 Å². The van der Waals surface area contributed by atoms with Gasteiger partial charge in [-0.2, -0.15) is 0 Å². The predicted octanol–water partition coefficient (Wildman–Crippen LogP) is 16.8. The Morgan fingerprint density at radius 3 is 1.00 bits per heavy atom. The summed E-state index contributed by atoms with van der Waals surface area (Å²) >= 11 is 0. The van der Waals surface area contributed by atoms with Gasteiger partial charge in [-0.25, -0.2) is 0 Å².